The predicted molar refractivity (Wildman–Crippen MR) is 78.1 cm³/mol. The average Bonchev–Trinajstić information content (AvgIpc) is 2.43. The summed E-state index contributed by atoms with van der Waals surface area (Å²) in [5.74, 6) is -0.927. The van der Waals surface area contributed by atoms with Gasteiger partial charge in [0.15, 0.2) is 0 Å². The highest BCUT2D eigenvalue weighted by Crippen LogP contribution is 2.20. The largest absolute Gasteiger partial charge is 0.508 e. The zero-order valence-corrected chi connectivity index (χ0v) is 14.2. The van der Waals surface area contributed by atoms with Gasteiger partial charge in [0.25, 0.3) is 0 Å². The minimum atomic E-state index is -0.967. The second-order valence-electron chi connectivity index (χ2n) is 6.04. The lowest BCUT2D eigenvalue weighted by atomic mass is 9.95. The first-order valence-electron chi connectivity index (χ1n) is 7.20. The molecule has 0 aliphatic rings. The summed E-state index contributed by atoms with van der Waals surface area (Å²) < 4.78 is 19.5. The molecule has 0 atom stereocenters. The van der Waals surface area contributed by atoms with E-state index in [0.717, 1.165) is 0 Å². The van der Waals surface area contributed by atoms with E-state index in [2.05, 4.69) is 0 Å². The fourth-order valence-electron chi connectivity index (χ4n) is 1.29. The third kappa shape index (κ3) is 6.78. The van der Waals surface area contributed by atoms with Crippen molar-refractivity contribution < 1.29 is 33.3 Å². The smallest absolute Gasteiger partial charge is 0.465 e. The summed E-state index contributed by atoms with van der Waals surface area (Å²) in [5.41, 5.74) is -1.93. The maximum absolute atomic E-state index is 11.6. The number of carbonyl (C=O) groups excluding carboxylic acids is 3. The van der Waals surface area contributed by atoms with Crippen LogP contribution in [0.1, 0.15) is 41.5 Å². The zero-order chi connectivity index (χ0) is 17.4. The van der Waals surface area contributed by atoms with Gasteiger partial charge in [0.2, 0.25) is 0 Å². The summed E-state index contributed by atoms with van der Waals surface area (Å²) in [5, 5.41) is 0. The normalized spacial score (nSPS) is 11.5. The van der Waals surface area contributed by atoms with Crippen molar-refractivity contribution in [2.45, 2.75) is 41.5 Å². The fourth-order valence-corrected chi connectivity index (χ4v) is 1.29. The maximum Gasteiger partial charge on any atom is 0.508 e. The highest BCUT2D eigenvalue weighted by Gasteiger charge is 2.33. The first-order valence-corrected chi connectivity index (χ1v) is 7.20. The molecule has 0 heterocycles. The monoisotopic (exact) mass is 318 g/mol. The minimum Gasteiger partial charge on any atom is -0.465 e. The van der Waals surface area contributed by atoms with Gasteiger partial charge in [-0.1, -0.05) is 0 Å². The molecule has 0 N–H and O–H groups in total. The molecule has 0 unspecified atom stereocenters. The van der Waals surface area contributed by atoms with E-state index in [1.807, 2.05) is 0 Å². The maximum atomic E-state index is 11.6. The van der Waals surface area contributed by atoms with Gasteiger partial charge in [-0.15, -0.1) is 0 Å². The molecule has 0 bridgehead atoms. The minimum absolute atomic E-state index is 0.176. The first-order chi connectivity index (χ1) is 10.1. The van der Waals surface area contributed by atoms with Crippen LogP contribution in [-0.2, 0) is 28.5 Å². The third-order valence-corrected chi connectivity index (χ3v) is 2.76. The van der Waals surface area contributed by atoms with Gasteiger partial charge in [-0.05, 0) is 41.5 Å². The molecule has 0 aromatic carbocycles. The molecule has 0 amide bonds. The lowest BCUT2D eigenvalue weighted by Gasteiger charge is -2.23. The third-order valence-electron chi connectivity index (χ3n) is 2.76. The highest BCUT2D eigenvalue weighted by molar-refractivity contribution is 5.77. The number of hydrogen-bond acceptors (Lipinski definition) is 7. The van der Waals surface area contributed by atoms with Crippen LogP contribution in [0.5, 0.6) is 0 Å². The van der Waals surface area contributed by atoms with Gasteiger partial charge in [-0.3, -0.25) is 9.59 Å². The quantitative estimate of drug-likeness (QED) is 0.501. The topological polar surface area (TPSA) is 88.1 Å². The molecule has 0 aliphatic heterocycles. The van der Waals surface area contributed by atoms with Crippen molar-refractivity contribution in [3.05, 3.63) is 0 Å². The molecule has 7 nitrogen and oxygen atoms in total. The Kier molecular flexibility index (Phi) is 7.90. The molecule has 0 saturated carbocycles. The predicted octanol–water partition coefficient (Wildman–Crippen LogP) is 2.32. The summed E-state index contributed by atoms with van der Waals surface area (Å²) in [4.78, 5) is 34.8. The Morgan fingerprint density at radius 3 is 1.27 bits per heavy atom. The van der Waals surface area contributed by atoms with Crippen molar-refractivity contribution in [2.24, 2.45) is 10.8 Å². The molecule has 7 heteroatoms. The van der Waals surface area contributed by atoms with E-state index in [0.29, 0.717) is 0 Å². The van der Waals surface area contributed by atoms with Gasteiger partial charge in [0, 0.05) is 0 Å². The van der Waals surface area contributed by atoms with Crippen LogP contribution in [0.2, 0.25) is 0 Å². The van der Waals surface area contributed by atoms with Gasteiger partial charge >= 0.3 is 18.1 Å². The molecule has 0 aliphatic carbocycles. The lowest BCUT2D eigenvalue weighted by molar-refractivity contribution is -0.156. The van der Waals surface area contributed by atoms with E-state index >= 15 is 0 Å². The van der Waals surface area contributed by atoms with E-state index in [-0.39, 0.29) is 26.4 Å². The van der Waals surface area contributed by atoms with Crippen molar-refractivity contribution in [1.29, 1.82) is 0 Å². The number of esters is 2. The first kappa shape index (κ1) is 20.2. The molecular weight excluding hydrogens is 292 g/mol. The lowest BCUT2D eigenvalue weighted by Crippen LogP contribution is -2.35. The summed E-state index contributed by atoms with van der Waals surface area (Å²) in [6, 6.07) is 0. The summed E-state index contributed by atoms with van der Waals surface area (Å²) in [7, 11) is 0. The van der Waals surface area contributed by atoms with Crippen molar-refractivity contribution in [2.75, 3.05) is 26.4 Å². The Labute approximate surface area is 131 Å². The van der Waals surface area contributed by atoms with Gasteiger partial charge in [0.1, 0.15) is 13.2 Å². The van der Waals surface area contributed by atoms with Crippen molar-refractivity contribution in [3.63, 3.8) is 0 Å². The molecule has 0 spiro atoms. The van der Waals surface area contributed by atoms with Crippen molar-refractivity contribution in [1.82, 2.24) is 0 Å². The number of hydrogen-bond donors (Lipinski definition) is 0. The standard InChI is InChI=1S/C15H26O7/c1-7-19-11(16)14(3,4)9-21-13(18)22-10-15(5,6)12(17)20-8-2/h7-10H2,1-6H3. The Balaban J connectivity index is 4.30. The van der Waals surface area contributed by atoms with E-state index in [1.54, 1.807) is 41.5 Å². The van der Waals surface area contributed by atoms with Crippen LogP contribution in [0.3, 0.4) is 0 Å². The van der Waals surface area contributed by atoms with Gasteiger partial charge in [0.05, 0.1) is 24.0 Å². The molecule has 0 radical (unpaired) electrons. The molecule has 22 heavy (non-hydrogen) atoms. The number of ether oxygens (including phenoxy) is 4. The zero-order valence-electron chi connectivity index (χ0n) is 14.2. The second-order valence-corrected chi connectivity index (χ2v) is 6.04. The summed E-state index contributed by atoms with van der Waals surface area (Å²) in [6.45, 7) is 9.93. The van der Waals surface area contributed by atoms with Crippen LogP contribution < -0.4 is 0 Å². The van der Waals surface area contributed by atoms with E-state index in [9.17, 15) is 14.4 Å². The van der Waals surface area contributed by atoms with E-state index in [4.69, 9.17) is 18.9 Å². The second kappa shape index (κ2) is 8.60. The molecule has 128 valence electrons. The van der Waals surface area contributed by atoms with E-state index in [1.165, 1.54) is 0 Å². The Bertz CT molecular complexity index is 363. The van der Waals surface area contributed by atoms with Crippen molar-refractivity contribution in [3.8, 4) is 0 Å². The van der Waals surface area contributed by atoms with E-state index < -0.39 is 28.9 Å². The van der Waals surface area contributed by atoms with Crippen LogP contribution in [0.25, 0.3) is 0 Å². The van der Waals surface area contributed by atoms with Crippen LogP contribution in [0, 0.1) is 10.8 Å². The summed E-state index contributed by atoms with van der Waals surface area (Å²) in [6.07, 6.45) is -0.949. The Morgan fingerprint density at radius 1 is 0.682 bits per heavy atom. The Hall–Kier alpha value is -1.79. The van der Waals surface area contributed by atoms with Gasteiger partial charge < -0.3 is 18.9 Å². The number of carbonyl (C=O) groups is 3. The highest BCUT2D eigenvalue weighted by atomic mass is 16.7. The van der Waals surface area contributed by atoms with Gasteiger partial charge in [-0.2, -0.15) is 0 Å². The van der Waals surface area contributed by atoms with Gasteiger partial charge in [-0.25, -0.2) is 4.79 Å². The Morgan fingerprint density at radius 2 is 1.00 bits per heavy atom. The van der Waals surface area contributed by atoms with Crippen LogP contribution in [0.15, 0.2) is 0 Å². The van der Waals surface area contributed by atoms with Crippen molar-refractivity contribution >= 4 is 18.1 Å². The summed E-state index contributed by atoms with van der Waals surface area (Å²) >= 11 is 0. The molecule has 0 aromatic heterocycles. The number of rotatable bonds is 8. The molecule has 0 rings (SSSR count). The van der Waals surface area contributed by atoms with Crippen LogP contribution >= 0.6 is 0 Å². The molecule has 0 aromatic rings. The molecular formula is C15H26O7. The molecule has 0 saturated heterocycles. The van der Waals surface area contributed by atoms with Crippen LogP contribution in [0.4, 0.5) is 4.79 Å². The fraction of sp³-hybridized carbons (Fsp3) is 0.800. The SMILES string of the molecule is CCOC(=O)C(C)(C)COC(=O)OCC(C)(C)C(=O)OCC. The van der Waals surface area contributed by atoms with Crippen LogP contribution in [-0.4, -0.2) is 44.5 Å². The average molecular weight is 318 g/mol. The molecule has 0 fully saturated rings.